The summed E-state index contributed by atoms with van der Waals surface area (Å²) in [4.78, 5) is 0. The van der Waals surface area contributed by atoms with Crippen LogP contribution in [0.2, 0.25) is 5.02 Å². The smallest absolute Gasteiger partial charge is 0.247 e. The Labute approximate surface area is 164 Å². The molecule has 0 spiro atoms. The van der Waals surface area contributed by atoms with Crippen LogP contribution in [0.1, 0.15) is 17.5 Å². The fourth-order valence-electron chi connectivity index (χ4n) is 2.77. The maximum atomic E-state index is 14.2. The van der Waals surface area contributed by atoms with Crippen molar-refractivity contribution in [2.45, 2.75) is 6.04 Å². The molecule has 0 saturated heterocycles. The van der Waals surface area contributed by atoms with Gasteiger partial charge in [-0.1, -0.05) is 41.9 Å². The molecule has 3 aromatic carbocycles. The van der Waals surface area contributed by atoms with E-state index in [1.807, 2.05) is 0 Å². The lowest BCUT2D eigenvalue weighted by atomic mass is 10.1. The second-order valence-electron chi connectivity index (χ2n) is 6.06. The Hall–Kier alpha value is -3.25. The Morgan fingerprint density at radius 1 is 0.893 bits per heavy atom. The molecule has 4 aromatic rings. The molecule has 4 rings (SSSR count). The maximum absolute atomic E-state index is 14.2. The second kappa shape index (κ2) is 7.78. The molecule has 28 heavy (non-hydrogen) atoms. The average molecular weight is 398 g/mol. The zero-order chi connectivity index (χ0) is 19.5. The molecule has 1 atom stereocenters. The summed E-state index contributed by atoms with van der Waals surface area (Å²) in [6.45, 7) is 0. The van der Waals surface area contributed by atoms with E-state index in [4.69, 9.17) is 16.0 Å². The van der Waals surface area contributed by atoms with Gasteiger partial charge in [-0.15, -0.1) is 10.2 Å². The summed E-state index contributed by atoms with van der Waals surface area (Å²) in [5.74, 6) is -0.434. The van der Waals surface area contributed by atoms with Gasteiger partial charge >= 0.3 is 0 Å². The van der Waals surface area contributed by atoms with Crippen molar-refractivity contribution in [3.05, 3.63) is 101 Å². The third-order valence-corrected chi connectivity index (χ3v) is 4.39. The number of benzene rings is 3. The van der Waals surface area contributed by atoms with Crippen LogP contribution in [-0.4, -0.2) is 10.2 Å². The molecule has 0 aliphatic heterocycles. The van der Waals surface area contributed by atoms with E-state index >= 15 is 0 Å². The summed E-state index contributed by atoms with van der Waals surface area (Å²) in [6.07, 6.45) is 0. The van der Waals surface area contributed by atoms with Crippen LogP contribution >= 0.6 is 11.6 Å². The number of anilines is 1. The van der Waals surface area contributed by atoms with E-state index in [9.17, 15) is 8.78 Å². The number of halogens is 3. The maximum Gasteiger partial charge on any atom is 0.247 e. The van der Waals surface area contributed by atoms with Gasteiger partial charge in [0, 0.05) is 10.6 Å². The van der Waals surface area contributed by atoms with E-state index in [2.05, 4.69) is 15.5 Å². The molecule has 0 amide bonds. The number of nitrogens with one attached hydrogen (secondary N) is 1. The number of rotatable bonds is 5. The highest BCUT2D eigenvalue weighted by Gasteiger charge is 2.22. The molecule has 1 N–H and O–H groups in total. The molecule has 140 valence electrons. The Balaban J connectivity index is 1.73. The summed E-state index contributed by atoms with van der Waals surface area (Å²) in [6, 6.07) is 18.5. The minimum atomic E-state index is -0.621. The van der Waals surface area contributed by atoms with Gasteiger partial charge in [0.1, 0.15) is 17.7 Å². The molecule has 0 aliphatic rings. The van der Waals surface area contributed by atoms with E-state index < -0.39 is 17.7 Å². The number of nitrogens with zero attached hydrogens (tertiary/aromatic N) is 2. The monoisotopic (exact) mass is 397 g/mol. The third-order valence-electron chi connectivity index (χ3n) is 4.14. The number of hydrogen-bond acceptors (Lipinski definition) is 4. The van der Waals surface area contributed by atoms with Gasteiger partial charge in [-0.05, 0) is 48.0 Å². The van der Waals surface area contributed by atoms with Crippen molar-refractivity contribution in [3.8, 4) is 11.5 Å². The highest BCUT2D eigenvalue weighted by molar-refractivity contribution is 6.30. The second-order valence-corrected chi connectivity index (χ2v) is 6.50. The molecular formula is C21H14ClF2N3O. The van der Waals surface area contributed by atoms with Crippen LogP contribution in [0.4, 0.5) is 14.5 Å². The van der Waals surface area contributed by atoms with E-state index in [-0.39, 0.29) is 17.5 Å². The molecule has 7 heteroatoms. The molecule has 4 nitrogen and oxygen atoms in total. The van der Waals surface area contributed by atoms with Gasteiger partial charge in [0.2, 0.25) is 11.8 Å². The Kier molecular flexibility index (Phi) is 5.04. The van der Waals surface area contributed by atoms with Crippen LogP contribution in [-0.2, 0) is 0 Å². The van der Waals surface area contributed by atoms with Crippen molar-refractivity contribution < 1.29 is 13.2 Å². The molecule has 0 radical (unpaired) electrons. The van der Waals surface area contributed by atoms with Crippen molar-refractivity contribution in [2.75, 3.05) is 5.32 Å². The molecule has 0 fully saturated rings. The normalized spacial score (nSPS) is 12.0. The standard InChI is InChI=1S/C21H14ClF2N3O/c22-15-10-8-13(9-11-15)19(25-18-7-2-1-6-17(18)24)21-27-26-20(28-21)14-4-3-5-16(23)12-14/h1-12,19,25H. The SMILES string of the molecule is Fc1cccc(-c2nnc(C(Nc3ccccc3F)c3ccc(Cl)cc3)o2)c1. The predicted octanol–water partition coefficient (Wildman–Crippen LogP) is 5.87. The first-order chi connectivity index (χ1) is 13.6. The average Bonchev–Trinajstić information content (AvgIpc) is 3.18. The molecule has 1 heterocycles. The van der Waals surface area contributed by atoms with Crippen molar-refractivity contribution in [3.63, 3.8) is 0 Å². The summed E-state index contributed by atoms with van der Waals surface area (Å²) in [7, 11) is 0. The molecule has 0 aliphatic carbocycles. The zero-order valence-corrected chi connectivity index (χ0v) is 15.2. The molecular weight excluding hydrogens is 384 g/mol. The van der Waals surface area contributed by atoms with E-state index in [0.717, 1.165) is 5.56 Å². The largest absolute Gasteiger partial charge is 0.418 e. The van der Waals surface area contributed by atoms with Gasteiger partial charge in [-0.3, -0.25) is 0 Å². The highest BCUT2D eigenvalue weighted by Crippen LogP contribution is 2.30. The van der Waals surface area contributed by atoms with Gasteiger partial charge in [0.05, 0.1) is 5.69 Å². The van der Waals surface area contributed by atoms with Crippen LogP contribution < -0.4 is 5.32 Å². The van der Waals surface area contributed by atoms with Crippen LogP contribution in [0.5, 0.6) is 0 Å². The first kappa shape index (κ1) is 18.1. The van der Waals surface area contributed by atoms with Crippen LogP contribution in [0, 0.1) is 11.6 Å². The van der Waals surface area contributed by atoms with Crippen LogP contribution in [0.3, 0.4) is 0 Å². The topological polar surface area (TPSA) is 51.0 Å². The highest BCUT2D eigenvalue weighted by atomic mass is 35.5. The summed E-state index contributed by atoms with van der Waals surface area (Å²) in [5, 5.41) is 11.8. The number of para-hydroxylation sites is 1. The quantitative estimate of drug-likeness (QED) is 0.457. The first-order valence-electron chi connectivity index (χ1n) is 8.46. The first-order valence-corrected chi connectivity index (χ1v) is 8.84. The Morgan fingerprint density at radius 3 is 2.43 bits per heavy atom. The Morgan fingerprint density at radius 2 is 1.68 bits per heavy atom. The lowest BCUT2D eigenvalue weighted by Gasteiger charge is -2.17. The van der Waals surface area contributed by atoms with Gasteiger partial charge in [0.15, 0.2) is 0 Å². The van der Waals surface area contributed by atoms with Crippen molar-refractivity contribution in [1.82, 2.24) is 10.2 Å². The Bertz CT molecular complexity index is 1100. The fraction of sp³-hybridized carbons (Fsp3) is 0.0476. The minimum Gasteiger partial charge on any atom is -0.418 e. The fourth-order valence-corrected chi connectivity index (χ4v) is 2.89. The lowest BCUT2D eigenvalue weighted by Crippen LogP contribution is -2.13. The van der Waals surface area contributed by atoms with E-state index in [1.54, 1.807) is 54.6 Å². The summed E-state index contributed by atoms with van der Waals surface area (Å²) < 4.78 is 33.4. The van der Waals surface area contributed by atoms with E-state index in [0.29, 0.717) is 10.6 Å². The van der Waals surface area contributed by atoms with Crippen molar-refractivity contribution in [2.24, 2.45) is 0 Å². The van der Waals surface area contributed by atoms with Crippen molar-refractivity contribution in [1.29, 1.82) is 0 Å². The minimum absolute atomic E-state index is 0.170. The lowest BCUT2D eigenvalue weighted by molar-refractivity contribution is 0.492. The van der Waals surface area contributed by atoms with Crippen LogP contribution in [0.15, 0.2) is 77.2 Å². The van der Waals surface area contributed by atoms with Gasteiger partial charge < -0.3 is 9.73 Å². The van der Waals surface area contributed by atoms with E-state index in [1.165, 1.54) is 18.2 Å². The van der Waals surface area contributed by atoms with Gasteiger partial charge in [0.25, 0.3) is 0 Å². The number of aromatic nitrogens is 2. The van der Waals surface area contributed by atoms with Crippen molar-refractivity contribution >= 4 is 17.3 Å². The predicted molar refractivity (Wildman–Crippen MR) is 103 cm³/mol. The summed E-state index contributed by atoms with van der Waals surface area (Å²) in [5.41, 5.74) is 1.49. The molecule has 0 saturated carbocycles. The molecule has 1 unspecified atom stereocenters. The third kappa shape index (κ3) is 3.87. The number of hydrogen-bond donors (Lipinski definition) is 1. The molecule has 1 aromatic heterocycles. The van der Waals surface area contributed by atoms with Gasteiger partial charge in [-0.2, -0.15) is 0 Å². The summed E-state index contributed by atoms with van der Waals surface area (Å²) >= 11 is 5.98. The molecule has 0 bridgehead atoms. The zero-order valence-electron chi connectivity index (χ0n) is 14.4. The van der Waals surface area contributed by atoms with Crippen LogP contribution in [0.25, 0.3) is 11.5 Å². The van der Waals surface area contributed by atoms with Gasteiger partial charge in [-0.25, -0.2) is 8.78 Å².